The van der Waals surface area contributed by atoms with Crippen molar-refractivity contribution in [1.29, 1.82) is 0 Å². The van der Waals surface area contributed by atoms with Crippen LogP contribution in [0.15, 0.2) is 85.2 Å². The molecular weight excluding hydrogens is 538 g/mol. The molecule has 0 spiro atoms. The van der Waals surface area contributed by atoms with Gasteiger partial charge in [-0.05, 0) is 66.3 Å². The Hall–Kier alpha value is -4.62. The number of imidazole rings is 1. The summed E-state index contributed by atoms with van der Waals surface area (Å²) in [6.45, 7) is 0.747. The summed E-state index contributed by atoms with van der Waals surface area (Å²) < 4.78 is 11.6. The van der Waals surface area contributed by atoms with Gasteiger partial charge in [0.25, 0.3) is 0 Å². The Morgan fingerprint density at radius 1 is 0.860 bits per heavy atom. The number of nitrogens with one attached hydrogen (secondary N) is 1. The number of methoxy groups -OCH3 is 1. The standard InChI is InChI=1S/C36H33N3O4/c1-42-22-26-11-14-30(32-31(26)38-35(39-32)25-9-5-6-10-25)36(20-23-15-17-37-18-16-23)33(40)28-13-12-27(19-29(28)34(36)41)43-21-24-7-3-2-4-8-24/h2-4,7-8,11-19,25H,5-6,9-10,20-22H2,1H3,(H,38,39). The van der Waals surface area contributed by atoms with Gasteiger partial charge >= 0.3 is 0 Å². The van der Waals surface area contributed by atoms with Gasteiger partial charge in [0.05, 0.1) is 17.6 Å². The van der Waals surface area contributed by atoms with Gasteiger partial charge in [0, 0.05) is 42.1 Å². The van der Waals surface area contributed by atoms with E-state index in [1.165, 1.54) is 12.8 Å². The predicted molar refractivity (Wildman–Crippen MR) is 164 cm³/mol. The van der Waals surface area contributed by atoms with E-state index in [0.717, 1.165) is 46.4 Å². The van der Waals surface area contributed by atoms with Gasteiger partial charge in [-0.3, -0.25) is 14.6 Å². The van der Waals surface area contributed by atoms with Gasteiger partial charge in [0.1, 0.15) is 23.6 Å². The van der Waals surface area contributed by atoms with Crippen LogP contribution in [-0.2, 0) is 29.8 Å². The molecule has 43 heavy (non-hydrogen) atoms. The number of fused-ring (bicyclic) bond motifs is 2. The highest BCUT2D eigenvalue weighted by Gasteiger charge is 2.55. The number of pyridine rings is 1. The van der Waals surface area contributed by atoms with Crippen molar-refractivity contribution < 1.29 is 19.1 Å². The van der Waals surface area contributed by atoms with E-state index in [4.69, 9.17) is 14.5 Å². The van der Waals surface area contributed by atoms with Crippen molar-refractivity contribution in [2.45, 2.75) is 56.7 Å². The topological polar surface area (TPSA) is 94.2 Å². The summed E-state index contributed by atoms with van der Waals surface area (Å²) >= 11 is 0. The summed E-state index contributed by atoms with van der Waals surface area (Å²) in [6.07, 6.45) is 8.10. The second kappa shape index (κ2) is 11.2. The van der Waals surface area contributed by atoms with Gasteiger partial charge in [0.15, 0.2) is 11.6 Å². The normalized spacial score (nSPS) is 18.4. The molecule has 3 aromatic carbocycles. The Labute approximate surface area is 250 Å². The van der Waals surface area contributed by atoms with E-state index in [9.17, 15) is 9.59 Å². The Morgan fingerprint density at radius 2 is 1.63 bits per heavy atom. The van der Waals surface area contributed by atoms with Crippen LogP contribution in [0.1, 0.15) is 80.4 Å². The van der Waals surface area contributed by atoms with E-state index in [1.807, 2.05) is 54.6 Å². The second-order valence-corrected chi connectivity index (χ2v) is 11.6. The molecule has 0 saturated heterocycles. The first-order valence-electron chi connectivity index (χ1n) is 14.9. The number of hydrogen-bond acceptors (Lipinski definition) is 6. The summed E-state index contributed by atoms with van der Waals surface area (Å²) in [7, 11) is 1.66. The Morgan fingerprint density at radius 3 is 2.40 bits per heavy atom. The predicted octanol–water partition coefficient (Wildman–Crippen LogP) is 6.90. The summed E-state index contributed by atoms with van der Waals surface area (Å²) in [5.74, 6) is 1.37. The minimum atomic E-state index is -1.47. The highest BCUT2D eigenvalue weighted by Crippen LogP contribution is 2.46. The minimum Gasteiger partial charge on any atom is -0.489 e. The van der Waals surface area contributed by atoms with Crippen LogP contribution >= 0.6 is 0 Å². The third-order valence-electron chi connectivity index (χ3n) is 8.97. The molecule has 0 amide bonds. The lowest BCUT2D eigenvalue weighted by molar-refractivity contribution is 0.0794. The zero-order valence-electron chi connectivity index (χ0n) is 24.1. The molecule has 1 N–H and O–H groups in total. The second-order valence-electron chi connectivity index (χ2n) is 11.6. The molecule has 0 aliphatic heterocycles. The van der Waals surface area contributed by atoms with Gasteiger partial charge in [-0.25, -0.2) is 4.98 Å². The van der Waals surface area contributed by atoms with E-state index >= 15 is 0 Å². The van der Waals surface area contributed by atoms with E-state index < -0.39 is 5.41 Å². The first kappa shape index (κ1) is 27.2. The maximum atomic E-state index is 14.7. The number of Topliss-reactive ketones (excluding diaryl/α,β-unsaturated/α-hetero) is 2. The molecule has 7 heteroatoms. The number of benzene rings is 3. The van der Waals surface area contributed by atoms with Crippen molar-refractivity contribution in [3.63, 3.8) is 0 Å². The quantitative estimate of drug-likeness (QED) is 0.193. The van der Waals surface area contributed by atoms with Crippen LogP contribution in [0.25, 0.3) is 11.0 Å². The number of H-pyrrole nitrogens is 1. The Bertz CT molecular complexity index is 1810. The van der Waals surface area contributed by atoms with Gasteiger partial charge in [-0.1, -0.05) is 55.3 Å². The molecule has 7 nitrogen and oxygen atoms in total. The molecule has 0 radical (unpaired) electrons. The minimum absolute atomic E-state index is 0.207. The molecule has 2 aliphatic rings. The molecule has 1 saturated carbocycles. The van der Waals surface area contributed by atoms with Crippen molar-refractivity contribution in [1.82, 2.24) is 15.0 Å². The summed E-state index contributed by atoms with van der Waals surface area (Å²) in [4.78, 5) is 42.2. The summed E-state index contributed by atoms with van der Waals surface area (Å²) in [5, 5.41) is 0. The van der Waals surface area contributed by atoms with Crippen LogP contribution in [0.2, 0.25) is 0 Å². The van der Waals surface area contributed by atoms with Crippen LogP contribution in [0.4, 0.5) is 0 Å². The fourth-order valence-electron chi connectivity index (χ4n) is 6.80. The molecule has 0 bridgehead atoms. The molecule has 7 rings (SSSR count). The Balaban J connectivity index is 1.36. The first-order chi connectivity index (χ1) is 21.1. The molecule has 1 atom stereocenters. The molecule has 2 aromatic heterocycles. The van der Waals surface area contributed by atoms with Crippen LogP contribution in [0.5, 0.6) is 5.75 Å². The van der Waals surface area contributed by atoms with Crippen molar-refractivity contribution in [2.75, 3.05) is 7.11 Å². The molecule has 1 fully saturated rings. The number of aromatic nitrogens is 3. The number of carbonyl (C=O) groups excluding carboxylic acids is 2. The van der Waals surface area contributed by atoms with Crippen molar-refractivity contribution in [3.8, 4) is 5.75 Å². The zero-order valence-corrected chi connectivity index (χ0v) is 24.1. The number of carbonyl (C=O) groups is 2. The lowest BCUT2D eigenvalue weighted by Crippen LogP contribution is -2.41. The number of rotatable bonds is 9. The van der Waals surface area contributed by atoms with Crippen LogP contribution in [0.3, 0.4) is 0 Å². The first-order valence-corrected chi connectivity index (χ1v) is 14.9. The number of aromatic amines is 1. The van der Waals surface area contributed by atoms with E-state index in [0.29, 0.717) is 41.6 Å². The zero-order chi connectivity index (χ0) is 29.4. The van der Waals surface area contributed by atoms with Gasteiger partial charge in [-0.15, -0.1) is 0 Å². The molecule has 1 unspecified atom stereocenters. The monoisotopic (exact) mass is 571 g/mol. The maximum Gasteiger partial charge on any atom is 0.182 e. The lowest BCUT2D eigenvalue weighted by Gasteiger charge is -2.27. The van der Waals surface area contributed by atoms with Gasteiger partial charge in [-0.2, -0.15) is 0 Å². The van der Waals surface area contributed by atoms with Crippen LogP contribution in [-0.4, -0.2) is 33.6 Å². The summed E-state index contributed by atoms with van der Waals surface area (Å²) in [6, 6.07) is 22.7. The Kier molecular flexibility index (Phi) is 7.11. The third kappa shape index (κ3) is 4.74. The molecule has 5 aromatic rings. The fourth-order valence-corrected chi connectivity index (χ4v) is 6.80. The van der Waals surface area contributed by atoms with E-state index in [-0.39, 0.29) is 18.0 Å². The highest BCUT2D eigenvalue weighted by atomic mass is 16.5. The molecular formula is C36H33N3O4. The largest absolute Gasteiger partial charge is 0.489 e. The number of hydrogen-bond donors (Lipinski definition) is 1. The van der Waals surface area contributed by atoms with E-state index in [2.05, 4.69) is 9.97 Å². The average Bonchev–Trinajstić information content (AvgIpc) is 3.78. The van der Waals surface area contributed by atoms with Crippen molar-refractivity contribution in [2.24, 2.45) is 0 Å². The average molecular weight is 572 g/mol. The molecule has 2 heterocycles. The molecule has 216 valence electrons. The third-order valence-corrected chi connectivity index (χ3v) is 8.97. The van der Waals surface area contributed by atoms with Gasteiger partial charge in [0.2, 0.25) is 0 Å². The van der Waals surface area contributed by atoms with E-state index in [1.54, 1.807) is 37.7 Å². The highest BCUT2D eigenvalue weighted by molar-refractivity contribution is 6.34. The lowest BCUT2D eigenvalue weighted by atomic mass is 9.71. The SMILES string of the molecule is COCc1ccc(C2(Cc3ccncc3)C(=O)c3ccc(OCc4ccccc4)cc3C2=O)c2[nH]c(C3CCCC3)nc12. The summed E-state index contributed by atoms with van der Waals surface area (Å²) in [5.41, 5.74) is 4.28. The van der Waals surface area contributed by atoms with Crippen LogP contribution in [0, 0.1) is 0 Å². The van der Waals surface area contributed by atoms with Crippen molar-refractivity contribution >= 4 is 22.6 Å². The van der Waals surface area contributed by atoms with Crippen molar-refractivity contribution in [3.05, 3.63) is 124 Å². The maximum absolute atomic E-state index is 14.7. The fraction of sp³-hybridized carbons (Fsp3) is 0.278. The number of nitrogens with zero attached hydrogens (tertiary/aromatic N) is 2. The molecule has 2 aliphatic carbocycles. The smallest absolute Gasteiger partial charge is 0.182 e. The number of ether oxygens (including phenoxy) is 2. The van der Waals surface area contributed by atoms with Gasteiger partial charge < -0.3 is 14.5 Å². The number of ketones is 2. The van der Waals surface area contributed by atoms with Crippen LogP contribution < -0.4 is 4.74 Å².